The van der Waals surface area contributed by atoms with Gasteiger partial charge in [-0.25, -0.2) is 0 Å². The number of ether oxygens (including phenoxy) is 1. The Morgan fingerprint density at radius 1 is 1.00 bits per heavy atom. The fraction of sp³-hybridized carbons (Fsp3) is 0.938. The minimum atomic E-state index is -0.179. The Morgan fingerprint density at radius 3 is 2.17 bits per heavy atom. The highest BCUT2D eigenvalue weighted by molar-refractivity contribution is 5.76. The Kier molecular flexibility index (Phi) is 2.21. The van der Waals surface area contributed by atoms with Gasteiger partial charge in [0.2, 0.25) is 0 Å². The minimum Gasteiger partial charge on any atom is -0.469 e. The number of carbonyl (C=O) groups excluding carboxylic acids is 1. The van der Waals surface area contributed by atoms with E-state index in [0.717, 1.165) is 48.3 Å². The van der Waals surface area contributed by atoms with Crippen LogP contribution in [0.25, 0.3) is 0 Å². The second-order valence-electron chi connectivity index (χ2n) is 7.78. The van der Waals surface area contributed by atoms with Crippen molar-refractivity contribution >= 4 is 5.97 Å². The number of hydrogen-bond acceptors (Lipinski definition) is 2. The lowest BCUT2D eigenvalue weighted by Gasteiger charge is -2.63. The maximum atomic E-state index is 12.1. The average Bonchev–Trinajstić information content (AvgIpc) is 2.36. The summed E-state index contributed by atoms with van der Waals surface area (Å²) in [5, 5.41) is 0. The summed E-state index contributed by atoms with van der Waals surface area (Å²) in [6.07, 6.45) is 8.07. The van der Waals surface area contributed by atoms with Crippen molar-refractivity contribution in [1.29, 1.82) is 0 Å². The molecular formula is C16H24O2. The van der Waals surface area contributed by atoms with Crippen LogP contribution >= 0.6 is 0 Å². The fourth-order valence-corrected chi connectivity index (χ4v) is 6.35. The van der Waals surface area contributed by atoms with Crippen molar-refractivity contribution in [1.82, 2.24) is 0 Å². The van der Waals surface area contributed by atoms with Crippen LogP contribution in [0, 0.1) is 40.9 Å². The summed E-state index contributed by atoms with van der Waals surface area (Å²) >= 11 is 0. The van der Waals surface area contributed by atoms with Gasteiger partial charge in [-0.3, -0.25) is 4.79 Å². The molecule has 5 saturated carbocycles. The molecule has 100 valence electrons. The molecule has 0 radical (unpaired) electrons. The molecule has 0 heterocycles. The lowest BCUT2D eigenvalue weighted by Crippen LogP contribution is -2.57. The van der Waals surface area contributed by atoms with Crippen LogP contribution in [-0.2, 0) is 9.53 Å². The highest BCUT2D eigenvalue weighted by Gasteiger charge is 2.59. The normalized spacial score (nSPS) is 56.6. The largest absolute Gasteiger partial charge is 0.469 e. The molecular weight excluding hydrogens is 224 g/mol. The summed E-state index contributed by atoms with van der Waals surface area (Å²) in [6, 6.07) is 0. The van der Waals surface area contributed by atoms with E-state index < -0.39 is 0 Å². The second kappa shape index (κ2) is 3.52. The van der Waals surface area contributed by atoms with E-state index in [9.17, 15) is 4.79 Å². The maximum absolute atomic E-state index is 12.1. The van der Waals surface area contributed by atoms with E-state index in [1.165, 1.54) is 25.7 Å². The van der Waals surface area contributed by atoms with Crippen LogP contribution in [0.4, 0.5) is 0 Å². The lowest BCUT2D eigenvalue weighted by molar-refractivity contribution is -0.176. The Balaban J connectivity index is 1.68. The molecule has 5 aliphatic rings. The Labute approximate surface area is 109 Å². The molecule has 0 spiro atoms. The number of carbonyl (C=O) groups is 1. The first-order chi connectivity index (χ1) is 8.60. The molecule has 5 fully saturated rings. The molecule has 0 aromatic rings. The van der Waals surface area contributed by atoms with Crippen molar-refractivity contribution in [2.45, 2.75) is 45.4 Å². The van der Waals surface area contributed by atoms with Crippen LogP contribution in [0.1, 0.15) is 45.4 Å². The van der Waals surface area contributed by atoms with Gasteiger partial charge >= 0.3 is 5.97 Å². The van der Waals surface area contributed by atoms with Gasteiger partial charge in [-0.15, -0.1) is 0 Å². The third-order valence-electron chi connectivity index (χ3n) is 6.84. The molecule has 4 unspecified atom stereocenters. The third-order valence-corrected chi connectivity index (χ3v) is 6.84. The van der Waals surface area contributed by atoms with E-state index in [-0.39, 0.29) is 11.4 Å². The van der Waals surface area contributed by atoms with E-state index in [4.69, 9.17) is 4.74 Å². The molecule has 0 aromatic heterocycles. The van der Waals surface area contributed by atoms with Crippen LogP contribution in [0.2, 0.25) is 0 Å². The Hall–Kier alpha value is -0.530. The first kappa shape index (κ1) is 11.3. The van der Waals surface area contributed by atoms with Gasteiger partial charge in [0, 0.05) is 0 Å². The summed E-state index contributed by atoms with van der Waals surface area (Å²) in [6.45, 7) is 2.16. The zero-order chi connectivity index (χ0) is 12.5. The molecule has 2 nitrogen and oxygen atoms in total. The van der Waals surface area contributed by atoms with Gasteiger partial charge in [0.25, 0.3) is 0 Å². The van der Waals surface area contributed by atoms with Gasteiger partial charge in [0.1, 0.15) is 0 Å². The first-order valence-electron chi connectivity index (χ1n) is 7.69. The van der Waals surface area contributed by atoms with Crippen LogP contribution in [0.15, 0.2) is 0 Å². The van der Waals surface area contributed by atoms with Crippen LogP contribution < -0.4 is 0 Å². The monoisotopic (exact) mass is 248 g/mol. The smallest absolute Gasteiger partial charge is 0.311 e. The van der Waals surface area contributed by atoms with Crippen LogP contribution in [-0.4, -0.2) is 13.1 Å². The fourth-order valence-electron chi connectivity index (χ4n) is 6.35. The number of hydrogen-bond donors (Lipinski definition) is 0. The molecule has 5 aliphatic carbocycles. The molecule has 6 bridgehead atoms. The van der Waals surface area contributed by atoms with Crippen molar-refractivity contribution in [3.63, 3.8) is 0 Å². The molecule has 0 saturated heterocycles. The predicted molar refractivity (Wildman–Crippen MR) is 68.8 cm³/mol. The molecule has 0 aliphatic heterocycles. The van der Waals surface area contributed by atoms with E-state index >= 15 is 0 Å². The van der Waals surface area contributed by atoms with Crippen molar-refractivity contribution < 1.29 is 9.53 Å². The summed E-state index contributed by atoms with van der Waals surface area (Å²) in [5.41, 5.74) is -0.179. The quantitative estimate of drug-likeness (QED) is 0.666. The average molecular weight is 248 g/mol. The minimum absolute atomic E-state index is 0.0491. The maximum Gasteiger partial charge on any atom is 0.311 e. The number of rotatable bonds is 1. The van der Waals surface area contributed by atoms with Crippen molar-refractivity contribution in [3.8, 4) is 0 Å². The standard InChI is InChI=1S/C16H24O2/c1-16(15(17)18-2)7-13-10-3-9-4-11(6-10)14(8-16)12(13)5-9/h9-14H,3-8H2,1-2H3. The number of methoxy groups -OCH3 is 1. The molecule has 0 N–H and O–H groups in total. The predicted octanol–water partition coefficient (Wildman–Crippen LogP) is 3.26. The lowest BCUT2D eigenvalue weighted by atomic mass is 9.41. The van der Waals surface area contributed by atoms with Crippen molar-refractivity contribution in [3.05, 3.63) is 0 Å². The molecule has 0 aromatic carbocycles. The summed E-state index contributed by atoms with van der Waals surface area (Å²) in [7, 11) is 1.55. The summed E-state index contributed by atoms with van der Waals surface area (Å²) in [4.78, 5) is 12.1. The molecule has 2 heteroatoms. The van der Waals surface area contributed by atoms with E-state index in [2.05, 4.69) is 6.92 Å². The SMILES string of the molecule is COC(=O)C1(C)CC2C3CC4CC(C3)C(C1)C2C4. The molecule has 18 heavy (non-hydrogen) atoms. The summed E-state index contributed by atoms with van der Waals surface area (Å²) in [5.74, 6) is 5.59. The molecule has 0 amide bonds. The Bertz CT molecular complexity index is 367. The van der Waals surface area contributed by atoms with E-state index in [1.807, 2.05) is 0 Å². The van der Waals surface area contributed by atoms with Gasteiger partial charge in [-0.05, 0) is 81.0 Å². The Morgan fingerprint density at radius 2 is 1.61 bits per heavy atom. The zero-order valence-electron chi connectivity index (χ0n) is 11.5. The number of esters is 1. The highest BCUT2D eigenvalue weighted by Crippen LogP contribution is 2.66. The van der Waals surface area contributed by atoms with Crippen molar-refractivity contribution in [2.24, 2.45) is 40.9 Å². The highest BCUT2D eigenvalue weighted by atomic mass is 16.5. The second-order valence-corrected chi connectivity index (χ2v) is 7.78. The summed E-state index contributed by atoms with van der Waals surface area (Å²) < 4.78 is 5.09. The van der Waals surface area contributed by atoms with Gasteiger partial charge in [0.05, 0.1) is 12.5 Å². The third kappa shape index (κ3) is 1.32. The van der Waals surface area contributed by atoms with E-state index in [1.54, 1.807) is 7.11 Å². The van der Waals surface area contributed by atoms with Gasteiger partial charge in [0.15, 0.2) is 0 Å². The van der Waals surface area contributed by atoms with E-state index in [0.29, 0.717) is 0 Å². The molecule has 5 rings (SSSR count). The first-order valence-corrected chi connectivity index (χ1v) is 7.69. The van der Waals surface area contributed by atoms with Gasteiger partial charge in [-0.2, -0.15) is 0 Å². The van der Waals surface area contributed by atoms with Crippen molar-refractivity contribution in [2.75, 3.05) is 7.11 Å². The van der Waals surface area contributed by atoms with Crippen LogP contribution in [0.5, 0.6) is 0 Å². The van der Waals surface area contributed by atoms with Gasteiger partial charge < -0.3 is 4.74 Å². The zero-order valence-corrected chi connectivity index (χ0v) is 11.5. The molecule has 4 atom stereocenters. The topological polar surface area (TPSA) is 26.3 Å². The van der Waals surface area contributed by atoms with Gasteiger partial charge in [-0.1, -0.05) is 0 Å². The van der Waals surface area contributed by atoms with Crippen LogP contribution in [0.3, 0.4) is 0 Å².